The van der Waals surface area contributed by atoms with Crippen molar-refractivity contribution in [3.63, 3.8) is 0 Å². The lowest BCUT2D eigenvalue weighted by Crippen LogP contribution is -2.57. The molecule has 19 heavy (non-hydrogen) atoms. The number of hydrogen-bond donors (Lipinski definition) is 1. The molecule has 3 rings (SSSR count). The third-order valence-electron chi connectivity index (χ3n) is 4.33. The minimum atomic E-state index is -0.143. The van der Waals surface area contributed by atoms with E-state index in [-0.39, 0.29) is 5.82 Å². The molecule has 1 N–H and O–H groups in total. The molecule has 0 aromatic heterocycles. The smallest absolute Gasteiger partial charge is 0.124 e. The van der Waals surface area contributed by atoms with Crippen LogP contribution in [-0.4, -0.2) is 25.2 Å². The molecule has 4 heteroatoms. The Labute approximate surface area is 127 Å². The monoisotopic (exact) mass is 374 g/mol. The summed E-state index contributed by atoms with van der Waals surface area (Å²) >= 11 is 2.25. The number of piperazine rings is 1. The van der Waals surface area contributed by atoms with Gasteiger partial charge in [0.25, 0.3) is 0 Å². The summed E-state index contributed by atoms with van der Waals surface area (Å²) in [6.45, 7) is 4.34. The molecular formula is C15H20FIN2. The summed E-state index contributed by atoms with van der Waals surface area (Å²) in [5.41, 5.74) is 1.20. The van der Waals surface area contributed by atoms with Crippen LogP contribution in [0.1, 0.15) is 26.2 Å². The molecule has 2 atom stereocenters. The molecule has 0 spiro atoms. The van der Waals surface area contributed by atoms with E-state index in [9.17, 15) is 4.39 Å². The highest BCUT2D eigenvalue weighted by molar-refractivity contribution is 14.1. The zero-order valence-electron chi connectivity index (χ0n) is 11.2. The van der Waals surface area contributed by atoms with Crippen LogP contribution in [0, 0.1) is 15.3 Å². The van der Waals surface area contributed by atoms with Crippen LogP contribution in [-0.2, 0) is 0 Å². The van der Waals surface area contributed by atoms with Gasteiger partial charge in [0, 0.05) is 28.7 Å². The topological polar surface area (TPSA) is 15.3 Å². The number of hydrogen-bond acceptors (Lipinski definition) is 2. The maximum atomic E-state index is 13.3. The van der Waals surface area contributed by atoms with E-state index < -0.39 is 0 Å². The third-order valence-corrected chi connectivity index (χ3v) is 5.20. The van der Waals surface area contributed by atoms with Gasteiger partial charge in [-0.05, 0) is 66.0 Å². The lowest BCUT2D eigenvalue weighted by atomic mass is 10.0. The van der Waals surface area contributed by atoms with Crippen LogP contribution in [0.15, 0.2) is 18.2 Å². The molecule has 1 aromatic carbocycles. The Morgan fingerprint density at radius 2 is 2.21 bits per heavy atom. The van der Waals surface area contributed by atoms with Gasteiger partial charge in [0.1, 0.15) is 5.82 Å². The molecule has 2 aliphatic rings. The molecule has 0 amide bonds. The van der Waals surface area contributed by atoms with Gasteiger partial charge in [0.2, 0.25) is 0 Å². The molecule has 1 saturated heterocycles. The normalized spacial score (nSPS) is 27.6. The zero-order valence-corrected chi connectivity index (χ0v) is 13.4. The average Bonchev–Trinajstić information content (AvgIpc) is 3.22. The molecule has 1 heterocycles. The summed E-state index contributed by atoms with van der Waals surface area (Å²) < 4.78 is 14.3. The van der Waals surface area contributed by atoms with Gasteiger partial charge < -0.3 is 10.2 Å². The van der Waals surface area contributed by atoms with Crippen molar-refractivity contribution in [1.82, 2.24) is 5.32 Å². The number of nitrogens with zero attached hydrogens (tertiary/aromatic N) is 1. The summed E-state index contributed by atoms with van der Waals surface area (Å²) in [7, 11) is 0. The Hall–Kier alpha value is -0.360. The fourth-order valence-corrected chi connectivity index (χ4v) is 3.80. The van der Waals surface area contributed by atoms with Crippen LogP contribution >= 0.6 is 22.6 Å². The first-order chi connectivity index (χ1) is 9.19. The van der Waals surface area contributed by atoms with Gasteiger partial charge in [-0.2, -0.15) is 0 Å². The Bertz CT molecular complexity index is 461. The Kier molecular flexibility index (Phi) is 3.98. The first-order valence-electron chi connectivity index (χ1n) is 7.14. The summed E-state index contributed by atoms with van der Waals surface area (Å²) in [5.74, 6) is 0.716. The van der Waals surface area contributed by atoms with Crippen molar-refractivity contribution < 1.29 is 4.39 Å². The highest BCUT2D eigenvalue weighted by Crippen LogP contribution is 2.36. The molecule has 1 aromatic rings. The minimum Gasteiger partial charge on any atom is -0.365 e. The van der Waals surface area contributed by atoms with E-state index in [1.165, 1.54) is 18.5 Å². The molecule has 104 valence electrons. The number of halogens is 2. The Balaban J connectivity index is 1.85. The molecule has 0 bridgehead atoms. The van der Waals surface area contributed by atoms with Gasteiger partial charge in [0.15, 0.2) is 0 Å². The highest BCUT2D eigenvalue weighted by Gasteiger charge is 2.37. The molecule has 1 aliphatic carbocycles. The largest absolute Gasteiger partial charge is 0.365 e. The SMILES string of the molecule is CCC1CNC(C2CC2)CN1c1ccc(F)cc1I. The molecule has 2 fully saturated rings. The van der Waals surface area contributed by atoms with Crippen LogP contribution in [0.3, 0.4) is 0 Å². The van der Waals surface area contributed by atoms with Gasteiger partial charge in [-0.15, -0.1) is 0 Å². The van der Waals surface area contributed by atoms with E-state index in [1.807, 2.05) is 6.07 Å². The van der Waals surface area contributed by atoms with Crippen molar-refractivity contribution in [2.24, 2.45) is 5.92 Å². The van der Waals surface area contributed by atoms with Gasteiger partial charge in [-0.1, -0.05) is 6.92 Å². The lowest BCUT2D eigenvalue weighted by molar-refractivity contribution is 0.359. The number of anilines is 1. The van der Waals surface area contributed by atoms with Crippen molar-refractivity contribution in [1.29, 1.82) is 0 Å². The van der Waals surface area contributed by atoms with Crippen molar-refractivity contribution >= 4 is 28.3 Å². The molecule has 1 saturated carbocycles. The predicted molar refractivity (Wildman–Crippen MR) is 85.1 cm³/mol. The lowest BCUT2D eigenvalue weighted by Gasteiger charge is -2.42. The van der Waals surface area contributed by atoms with E-state index in [1.54, 1.807) is 12.1 Å². The van der Waals surface area contributed by atoms with E-state index in [2.05, 4.69) is 39.7 Å². The van der Waals surface area contributed by atoms with Crippen LogP contribution in [0.4, 0.5) is 10.1 Å². The van der Waals surface area contributed by atoms with E-state index in [0.29, 0.717) is 12.1 Å². The van der Waals surface area contributed by atoms with E-state index in [0.717, 1.165) is 29.0 Å². The first kappa shape index (κ1) is 13.6. The van der Waals surface area contributed by atoms with Gasteiger partial charge >= 0.3 is 0 Å². The van der Waals surface area contributed by atoms with E-state index in [4.69, 9.17) is 0 Å². The fourth-order valence-electron chi connectivity index (χ4n) is 3.01. The zero-order chi connectivity index (χ0) is 13.4. The molecule has 0 radical (unpaired) electrons. The van der Waals surface area contributed by atoms with Crippen LogP contribution in [0.25, 0.3) is 0 Å². The van der Waals surface area contributed by atoms with Gasteiger partial charge in [-0.25, -0.2) is 4.39 Å². The van der Waals surface area contributed by atoms with Crippen LogP contribution in [0.5, 0.6) is 0 Å². The van der Waals surface area contributed by atoms with Gasteiger partial charge in [0.05, 0.1) is 5.69 Å². The van der Waals surface area contributed by atoms with Crippen molar-refractivity contribution in [3.8, 4) is 0 Å². The standard InChI is InChI=1S/C15H20FIN2/c1-2-12-8-18-14(10-3-4-10)9-19(12)15-6-5-11(16)7-13(15)17/h5-7,10,12,14,18H,2-4,8-9H2,1H3. The van der Waals surface area contributed by atoms with Crippen LogP contribution < -0.4 is 10.2 Å². The number of benzene rings is 1. The Morgan fingerprint density at radius 3 is 2.84 bits per heavy atom. The predicted octanol–water partition coefficient (Wildman–Crippen LogP) is 3.40. The van der Waals surface area contributed by atoms with Crippen LogP contribution in [0.2, 0.25) is 0 Å². The molecule has 2 unspecified atom stereocenters. The Morgan fingerprint density at radius 1 is 1.42 bits per heavy atom. The summed E-state index contributed by atoms with van der Waals surface area (Å²) in [6.07, 6.45) is 3.85. The third kappa shape index (κ3) is 2.89. The van der Waals surface area contributed by atoms with Crippen molar-refractivity contribution in [2.75, 3.05) is 18.0 Å². The summed E-state index contributed by atoms with van der Waals surface area (Å²) in [5, 5.41) is 3.69. The molecule has 2 nitrogen and oxygen atoms in total. The summed E-state index contributed by atoms with van der Waals surface area (Å²) in [6, 6.07) is 6.29. The van der Waals surface area contributed by atoms with E-state index >= 15 is 0 Å². The number of rotatable bonds is 3. The fraction of sp³-hybridized carbons (Fsp3) is 0.600. The second-order valence-electron chi connectivity index (χ2n) is 5.66. The van der Waals surface area contributed by atoms with Crippen molar-refractivity contribution in [2.45, 2.75) is 38.3 Å². The first-order valence-corrected chi connectivity index (χ1v) is 8.22. The minimum absolute atomic E-state index is 0.143. The maximum Gasteiger partial charge on any atom is 0.124 e. The second-order valence-corrected chi connectivity index (χ2v) is 6.82. The van der Waals surface area contributed by atoms with Gasteiger partial charge in [-0.3, -0.25) is 0 Å². The molecular weight excluding hydrogens is 354 g/mol. The highest BCUT2D eigenvalue weighted by atomic mass is 127. The average molecular weight is 374 g/mol. The second kappa shape index (κ2) is 5.56. The maximum absolute atomic E-state index is 13.3. The quantitative estimate of drug-likeness (QED) is 0.816. The number of nitrogens with one attached hydrogen (secondary N) is 1. The summed E-state index contributed by atoms with van der Waals surface area (Å²) in [4.78, 5) is 2.49. The molecule has 1 aliphatic heterocycles. The van der Waals surface area contributed by atoms with Crippen molar-refractivity contribution in [3.05, 3.63) is 27.6 Å².